The van der Waals surface area contributed by atoms with Crippen molar-refractivity contribution in [2.24, 2.45) is 7.05 Å². The van der Waals surface area contributed by atoms with E-state index in [1.165, 1.54) is 38.8 Å². The van der Waals surface area contributed by atoms with E-state index >= 15 is 0 Å². The molecule has 1 aliphatic carbocycles. The van der Waals surface area contributed by atoms with E-state index in [4.69, 9.17) is 0 Å². The van der Waals surface area contributed by atoms with Crippen molar-refractivity contribution in [1.29, 1.82) is 0 Å². The Morgan fingerprint density at radius 2 is 2.22 bits per heavy atom. The number of hydrogen-bond donors (Lipinski definition) is 1. The third kappa shape index (κ3) is 3.29. The van der Waals surface area contributed by atoms with Crippen molar-refractivity contribution >= 4 is 0 Å². The lowest BCUT2D eigenvalue weighted by Crippen LogP contribution is -2.46. The molecule has 1 aromatic heterocycles. The van der Waals surface area contributed by atoms with Gasteiger partial charge in [-0.2, -0.15) is 5.10 Å². The van der Waals surface area contributed by atoms with Crippen molar-refractivity contribution in [1.82, 2.24) is 25.0 Å². The van der Waals surface area contributed by atoms with Crippen LogP contribution in [0.25, 0.3) is 0 Å². The standard InChI is InChI=1S/C13H23N5/c1-17-10-14-13(16-17)6-8-18-7-2-3-12(9-18)15-11-4-5-11/h10-12,15H,2-9H2,1H3. The highest BCUT2D eigenvalue weighted by molar-refractivity contribution is 4.89. The van der Waals surface area contributed by atoms with E-state index < -0.39 is 0 Å². The molecule has 1 aliphatic heterocycles. The fourth-order valence-corrected chi connectivity index (χ4v) is 2.73. The maximum absolute atomic E-state index is 4.34. The number of rotatable bonds is 5. The highest BCUT2D eigenvalue weighted by Crippen LogP contribution is 2.21. The van der Waals surface area contributed by atoms with Gasteiger partial charge in [0.15, 0.2) is 5.82 Å². The first-order valence-corrected chi connectivity index (χ1v) is 7.12. The summed E-state index contributed by atoms with van der Waals surface area (Å²) < 4.78 is 1.78. The maximum atomic E-state index is 4.34. The van der Waals surface area contributed by atoms with Gasteiger partial charge in [0.05, 0.1) is 0 Å². The van der Waals surface area contributed by atoms with Crippen LogP contribution in [-0.4, -0.2) is 51.4 Å². The highest BCUT2D eigenvalue weighted by Gasteiger charge is 2.27. The molecule has 1 unspecified atom stereocenters. The van der Waals surface area contributed by atoms with E-state index in [1.54, 1.807) is 11.0 Å². The lowest BCUT2D eigenvalue weighted by Gasteiger charge is -2.33. The number of nitrogens with one attached hydrogen (secondary N) is 1. The number of aryl methyl sites for hydroxylation is 1. The van der Waals surface area contributed by atoms with E-state index in [9.17, 15) is 0 Å². The van der Waals surface area contributed by atoms with Gasteiger partial charge in [-0.1, -0.05) is 0 Å². The minimum absolute atomic E-state index is 0.711. The molecule has 0 bridgehead atoms. The van der Waals surface area contributed by atoms with Crippen LogP contribution in [0, 0.1) is 0 Å². The number of hydrogen-bond acceptors (Lipinski definition) is 4. The van der Waals surface area contributed by atoms with E-state index in [-0.39, 0.29) is 0 Å². The first-order valence-electron chi connectivity index (χ1n) is 7.12. The van der Waals surface area contributed by atoms with Crippen LogP contribution < -0.4 is 5.32 Å². The first kappa shape index (κ1) is 12.1. The van der Waals surface area contributed by atoms with Gasteiger partial charge in [0.1, 0.15) is 6.33 Å². The molecular weight excluding hydrogens is 226 g/mol. The molecule has 3 rings (SSSR count). The predicted molar refractivity (Wildman–Crippen MR) is 70.3 cm³/mol. The van der Waals surface area contributed by atoms with Crippen molar-refractivity contribution in [3.05, 3.63) is 12.2 Å². The van der Waals surface area contributed by atoms with Crippen molar-refractivity contribution in [3.8, 4) is 0 Å². The molecule has 2 aliphatic rings. The SMILES string of the molecule is Cn1cnc(CCN2CCCC(NC3CC3)C2)n1. The van der Waals surface area contributed by atoms with Crippen LogP contribution in [0.5, 0.6) is 0 Å². The molecule has 0 spiro atoms. The van der Waals surface area contributed by atoms with Crippen molar-refractivity contribution < 1.29 is 0 Å². The first-order chi connectivity index (χ1) is 8.79. The Hall–Kier alpha value is -0.940. The third-order valence-corrected chi connectivity index (χ3v) is 3.85. The van der Waals surface area contributed by atoms with Gasteiger partial charge < -0.3 is 10.2 Å². The summed E-state index contributed by atoms with van der Waals surface area (Å²) in [6, 6.07) is 1.54. The van der Waals surface area contributed by atoms with Crippen LogP contribution in [0.2, 0.25) is 0 Å². The van der Waals surface area contributed by atoms with Gasteiger partial charge in [-0.05, 0) is 32.2 Å². The lowest BCUT2D eigenvalue weighted by atomic mass is 10.1. The Morgan fingerprint density at radius 1 is 1.33 bits per heavy atom. The molecule has 1 saturated carbocycles. The molecule has 1 aromatic rings. The van der Waals surface area contributed by atoms with Crippen LogP contribution >= 0.6 is 0 Å². The molecule has 1 saturated heterocycles. The summed E-state index contributed by atoms with van der Waals surface area (Å²) in [5.74, 6) is 0.967. The summed E-state index contributed by atoms with van der Waals surface area (Å²) in [6.07, 6.45) is 8.18. The zero-order valence-electron chi connectivity index (χ0n) is 11.2. The molecule has 0 radical (unpaired) electrons. The Bertz CT molecular complexity index is 384. The minimum Gasteiger partial charge on any atom is -0.310 e. The van der Waals surface area contributed by atoms with Crippen LogP contribution in [0.3, 0.4) is 0 Å². The zero-order chi connectivity index (χ0) is 12.4. The Labute approximate surface area is 109 Å². The molecule has 2 fully saturated rings. The van der Waals surface area contributed by atoms with E-state index in [0.717, 1.165) is 24.8 Å². The Kier molecular flexibility index (Phi) is 3.61. The van der Waals surface area contributed by atoms with Crippen molar-refractivity contribution in [2.75, 3.05) is 19.6 Å². The largest absolute Gasteiger partial charge is 0.310 e. The highest BCUT2D eigenvalue weighted by atomic mass is 15.3. The molecule has 0 amide bonds. The Balaban J connectivity index is 1.43. The fourth-order valence-electron chi connectivity index (χ4n) is 2.73. The predicted octanol–water partition coefficient (Wildman–Crippen LogP) is 0.574. The summed E-state index contributed by atoms with van der Waals surface area (Å²) in [5.41, 5.74) is 0. The molecule has 18 heavy (non-hydrogen) atoms. The summed E-state index contributed by atoms with van der Waals surface area (Å²) >= 11 is 0. The average Bonchev–Trinajstić information content (AvgIpc) is 3.08. The molecular formula is C13H23N5. The van der Waals surface area contributed by atoms with Crippen LogP contribution in [0.1, 0.15) is 31.5 Å². The second-order valence-corrected chi connectivity index (χ2v) is 5.67. The van der Waals surface area contributed by atoms with Crippen LogP contribution in [0.15, 0.2) is 6.33 Å². The molecule has 5 nitrogen and oxygen atoms in total. The van der Waals surface area contributed by atoms with Gasteiger partial charge in [-0.15, -0.1) is 0 Å². The van der Waals surface area contributed by atoms with E-state index in [1.807, 2.05) is 7.05 Å². The van der Waals surface area contributed by atoms with E-state index in [2.05, 4.69) is 20.3 Å². The van der Waals surface area contributed by atoms with E-state index in [0.29, 0.717) is 6.04 Å². The number of piperidine rings is 1. The van der Waals surface area contributed by atoms with Gasteiger partial charge in [0.2, 0.25) is 0 Å². The molecule has 5 heteroatoms. The summed E-state index contributed by atoms with van der Waals surface area (Å²) in [7, 11) is 1.92. The maximum Gasteiger partial charge on any atom is 0.151 e. The van der Waals surface area contributed by atoms with Gasteiger partial charge in [0, 0.05) is 38.6 Å². The summed E-state index contributed by atoms with van der Waals surface area (Å²) in [5, 5.41) is 8.08. The lowest BCUT2D eigenvalue weighted by molar-refractivity contribution is 0.190. The van der Waals surface area contributed by atoms with Gasteiger partial charge in [-0.3, -0.25) is 4.68 Å². The number of likely N-dealkylation sites (tertiary alicyclic amines) is 1. The van der Waals surface area contributed by atoms with Crippen LogP contribution in [0.4, 0.5) is 0 Å². The smallest absolute Gasteiger partial charge is 0.151 e. The summed E-state index contributed by atoms with van der Waals surface area (Å²) in [4.78, 5) is 6.84. The molecule has 0 aromatic carbocycles. The number of nitrogens with zero attached hydrogens (tertiary/aromatic N) is 4. The second-order valence-electron chi connectivity index (χ2n) is 5.67. The Morgan fingerprint density at radius 3 is 2.94 bits per heavy atom. The monoisotopic (exact) mass is 249 g/mol. The second kappa shape index (κ2) is 5.36. The zero-order valence-corrected chi connectivity index (χ0v) is 11.2. The normalized spacial score (nSPS) is 25.5. The third-order valence-electron chi connectivity index (χ3n) is 3.85. The molecule has 1 N–H and O–H groups in total. The average molecular weight is 249 g/mol. The summed E-state index contributed by atoms with van der Waals surface area (Å²) in [6.45, 7) is 3.52. The van der Waals surface area contributed by atoms with Gasteiger partial charge >= 0.3 is 0 Å². The minimum atomic E-state index is 0.711. The van der Waals surface area contributed by atoms with Crippen molar-refractivity contribution in [2.45, 2.75) is 44.2 Å². The topological polar surface area (TPSA) is 46.0 Å². The van der Waals surface area contributed by atoms with Gasteiger partial charge in [0.25, 0.3) is 0 Å². The van der Waals surface area contributed by atoms with Crippen LogP contribution in [-0.2, 0) is 13.5 Å². The fraction of sp³-hybridized carbons (Fsp3) is 0.846. The molecule has 2 heterocycles. The molecule has 100 valence electrons. The van der Waals surface area contributed by atoms with Gasteiger partial charge in [-0.25, -0.2) is 4.98 Å². The van der Waals surface area contributed by atoms with Crippen molar-refractivity contribution in [3.63, 3.8) is 0 Å². The number of aromatic nitrogens is 3. The quantitative estimate of drug-likeness (QED) is 0.829. The molecule has 1 atom stereocenters.